The number of rotatable bonds is 4. The van der Waals surface area contributed by atoms with Crippen molar-refractivity contribution in [3.05, 3.63) is 12.7 Å². The van der Waals surface area contributed by atoms with Gasteiger partial charge < -0.3 is 10.6 Å². The van der Waals surface area contributed by atoms with Gasteiger partial charge in [-0.3, -0.25) is 0 Å². The molecule has 0 aromatic rings. The van der Waals surface area contributed by atoms with Crippen LogP contribution in [-0.4, -0.2) is 25.7 Å². The molecule has 2 heteroatoms. The van der Waals surface area contributed by atoms with Crippen LogP contribution in [0.15, 0.2) is 12.7 Å². The fourth-order valence-electron chi connectivity index (χ4n) is 1.42. The summed E-state index contributed by atoms with van der Waals surface area (Å²) in [7, 11) is 0. The van der Waals surface area contributed by atoms with Gasteiger partial charge in [-0.15, -0.1) is 6.58 Å². The van der Waals surface area contributed by atoms with Crippen LogP contribution in [0, 0.1) is 0 Å². The lowest BCUT2D eigenvalue weighted by molar-refractivity contribution is 0.390. The summed E-state index contributed by atoms with van der Waals surface area (Å²) in [5.41, 5.74) is 0. The Morgan fingerprint density at radius 3 is 2.82 bits per heavy atom. The quantitative estimate of drug-likeness (QED) is 0.464. The van der Waals surface area contributed by atoms with Gasteiger partial charge in [0.15, 0.2) is 0 Å². The maximum atomic E-state index is 3.69. The van der Waals surface area contributed by atoms with Crippen LogP contribution >= 0.6 is 0 Å². The van der Waals surface area contributed by atoms with Crippen LogP contribution in [0.5, 0.6) is 0 Å². The van der Waals surface area contributed by atoms with E-state index in [0.29, 0.717) is 0 Å². The molecule has 0 aliphatic carbocycles. The Morgan fingerprint density at radius 1 is 1.45 bits per heavy atom. The number of hydrogen-bond donors (Lipinski definition) is 2. The Hall–Kier alpha value is -0.340. The van der Waals surface area contributed by atoms with Crippen LogP contribution < -0.4 is 10.6 Å². The Labute approximate surface area is 69.1 Å². The molecular weight excluding hydrogens is 136 g/mol. The molecule has 2 nitrogen and oxygen atoms in total. The Balaban J connectivity index is 2.00. The van der Waals surface area contributed by atoms with Crippen molar-refractivity contribution < 1.29 is 0 Å². The Kier molecular flexibility index (Phi) is 4.24. The zero-order chi connectivity index (χ0) is 7.94. The standard InChI is InChI=1S/C9H18N2/c1-2-3-6-11-9-4-7-10-8-5-9/h2,9-11H,1,3-8H2. The normalized spacial score (nSPS) is 20.0. The van der Waals surface area contributed by atoms with Crippen molar-refractivity contribution in [3.8, 4) is 0 Å². The van der Waals surface area contributed by atoms with E-state index >= 15 is 0 Å². The van der Waals surface area contributed by atoms with Gasteiger partial charge in [0.05, 0.1) is 0 Å². The lowest BCUT2D eigenvalue weighted by atomic mass is 10.1. The number of piperidine rings is 1. The first-order valence-electron chi connectivity index (χ1n) is 4.48. The third kappa shape index (κ3) is 3.54. The summed E-state index contributed by atoms with van der Waals surface area (Å²) in [6.07, 6.45) is 5.60. The number of nitrogens with one attached hydrogen (secondary N) is 2. The average Bonchev–Trinajstić information content (AvgIpc) is 2.07. The minimum atomic E-state index is 0.746. The van der Waals surface area contributed by atoms with Crippen molar-refractivity contribution in [2.45, 2.75) is 25.3 Å². The van der Waals surface area contributed by atoms with Gasteiger partial charge >= 0.3 is 0 Å². The first-order chi connectivity index (χ1) is 5.43. The molecule has 1 heterocycles. The van der Waals surface area contributed by atoms with E-state index in [-0.39, 0.29) is 0 Å². The highest BCUT2D eigenvalue weighted by Crippen LogP contribution is 2.01. The smallest absolute Gasteiger partial charge is 0.00913 e. The molecule has 1 aliphatic rings. The zero-order valence-corrected chi connectivity index (χ0v) is 7.10. The molecule has 0 aromatic heterocycles. The SMILES string of the molecule is C=CCCNC1CCNCC1. The summed E-state index contributed by atoms with van der Waals surface area (Å²) >= 11 is 0. The molecule has 0 spiro atoms. The molecule has 0 saturated carbocycles. The summed E-state index contributed by atoms with van der Waals surface area (Å²) in [5, 5.41) is 6.86. The van der Waals surface area contributed by atoms with Gasteiger partial charge in [-0.2, -0.15) is 0 Å². The monoisotopic (exact) mass is 154 g/mol. The van der Waals surface area contributed by atoms with Crippen molar-refractivity contribution in [2.75, 3.05) is 19.6 Å². The van der Waals surface area contributed by atoms with Gasteiger partial charge in [-0.05, 0) is 38.9 Å². The maximum Gasteiger partial charge on any atom is 0.00913 e. The maximum absolute atomic E-state index is 3.69. The van der Waals surface area contributed by atoms with Gasteiger partial charge in [-0.1, -0.05) is 6.08 Å². The van der Waals surface area contributed by atoms with Crippen molar-refractivity contribution >= 4 is 0 Å². The van der Waals surface area contributed by atoms with E-state index in [2.05, 4.69) is 17.2 Å². The van der Waals surface area contributed by atoms with Crippen LogP contribution in [-0.2, 0) is 0 Å². The summed E-state index contributed by atoms with van der Waals surface area (Å²) in [4.78, 5) is 0. The predicted octanol–water partition coefficient (Wildman–Crippen LogP) is 0.904. The molecule has 1 saturated heterocycles. The van der Waals surface area contributed by atoms with E-state index in [9.17, 15) is 0 Å². The van der Waals surface area contributed by atoms with Gasteiger partial charge in [0.1, 0.15) is 0 Å². The summed E-state index contributed by atoms with van der Waals surface area (Å²) in [6, 6.07) is 0.746. The van der Waals surface area contributed by atoms with Crippen LogP contribution in [0.3, 0.4) is 0 Å². The third-order valence-electron chi connectivity index (χ3n) is 2.12. The highest BCUT2D eigenvalue weighted by Gasteiger charge is 2.10. The van der Waals surface area contributed by atoms with Crippen molar-refractivity contribution in [1.29, 1.82) is 0 Å². The van der Waals surface area contributed by atoms with E-state index < -0.39 is 0 Å². The summed E-state index contributed by atoms with van der Waals surface area (Å²) in [6.45, 7) is 7.13. The van der Waals surface area contributed by atoms with E-state index in [1.165, 1.54) is 25.9 Å². The van der Waals surface area contributed by atoms with Crippen molar-refractivity contribution in [2.24, 2.45) is 0 Å². The van der Waals surface area contributed by atoms with Crippen molar-refractivity contribution in [3.63, 3.8) is 0 Å². The van der Waals surface area contributed by atoms with Crippen molar-refractivity contribution in [1.82, 2.24) is 10.6 Å². The molecule has 0 unspecified atom stereocenters. The summed E-state index contributed by atoms with van der Waals surface area (Å²) < 4.78 is 0. The second-order valence-corrected chi connectivity index (χ2v) is 3.06. The second kappa shape index (κ2) is 5.33. The van der Waals surface area contributed by atoms with Gasteiger partial charge in [0, 0.05) is 6.04 Å². The highest BCUT2D eigenvalue weighted by molar-refractivity contribution is 4.76. The van der Waals surface area contributed by atoms with Gasteiger partial charge in [0.25, 0.3) is 0 Å². The topological polar surface area (TPSA) is 24.1 Å². The van der Waals surface area contributed by atoms with E-state index in [1.54, 1.807) is 0 Å². The molecule has 64 valence electrons. The highest BCUT2D eigenvalue weighted by atomic mass is 15.0. The van der Waals surface area contributed by atoms with E-state index in [4.69, 9.17) is 0 Å². The fraction of sp³-hybridized carbons (Fsp3) is 0.778. The Morgan fingerprint density at radius 2 is 2.18 bits per heavy atom. The minimum absolute atomic E-state index is 0.746. The third-order valence-corrected chi connectivity index (χ3v) is 2.12. The van der Waals surface area contributed by atoms with Crippen LogP contribution in [0.1, 0.15) is 19.3 Å². The largest absolute Gasteiger partial charge is 0.317 e. The van der Waals surface area contributed by atoms with Crippen LogP contribution in [0.4, 0.5) is 0 Å². The van der Waals surface area contributed by atoms with Crippen LogP contribution in [0.2, 0.25) is 0 Å². The molecule has 1 rings (SSSR count). The molecule has 0 radical (unpaired) electrons. The van der Waals surface area contributed by atoms with Crippen LogP contribution in [0.25, 0.3) is 0 Å². The molecule has 0 aromatic carbocycles. The molecule has 11 heavy (non-hydrogen) atoms. The van der Waals surface area contributed by atoms with E-state index in [0.717, 1.165) is 19.0 Å². The molecule has 0 amide bonds. The molecule has 1 fully saturated rings. The average molecular weight is 154 g/mol. The lowest BCUT2D eigenvalue weighted by Gasteiger charge is -2.23. The first kappa shape index (κ1) is 8.75. The number of hydrogen-bond acceptors (Lipinski definition) is 2. The van der Waals surface area contributed by atoms with Gasteiger partial charge in [0.2, 0.25) is 0 Å². The molecule has 0 bridgehead atoms. The zero-order valence-electron chi connectivity index (χ0n) is 7.10. The second-order valence-electron chi connectivity index (χ2n) is 3.06. The molecular formula is C9H18N2. The molecule has 1 aliphatic heterocycles. The van der Waals surface area contributed by atoms with Gasteiger partial charge in [-0.25, -0.2) is 0 Å². The lowest BCUT2D eigenvalue weighted by Crippen LogP contribution is -2.40. The minimum Gasteiger partial charge on any atom is -0.317 e. The summed E-state index contributed by atoms with van der Waals surface area (Å²) in [5.74, 6) is 0. The van der Waals surface area contributed by atoms with E-state index in [1.807, 2.05) is 6.08 Å². The fourth-order valence-corrected chi connectivity index (χ4v) is 1.42. The first-order valence-corrected chi connectivity index (χ1v) is 4.48. The molecule has 2 N–H and O–H groups in total. The molecule has 0 atom stereocenters. The predicted molar refractivity (Wildman–Crippen MR) is 48.7 cm³/mol. The Bertz CT molecular complexity index is 106.